The van der Waals surface area contributed by atoms with Gasteiger partial charge in [0.1, 0.15) is 0 Å². The molecule has 0 spiro atoms. The highest BCUT2D eigenvalue weighted by Crippen LogP contribution is 2.37. The number of aromatic nitrogens is 2. The van der Waals surface area contributed by atoms with E-state index in [0.29, 0.717) is 18.5 Å². The fourth-order valence-corrected chi connectivity index (χ4v) is 5.62. The van der Waals surface area contributed by atoms with E-state index in [4.69, 9.17) is 21.3 Å². The fourth-order valence-electron chi connectivity index (χ4n) is 5.40. The van der Waals surface area contributed by atoms with Crippen molar-refractivity contribution < 1.29 is 9.53 Å². The van der Waals surface area contributed by atoms with E-state index in [1.807, 2.05) is 43.1 Å². The van der Waals surface area contributed by atoms with Gasteiger partial charge in [0.05, 0.1) is 17.8 Å². The molecule has 1 aromatic heterocycles. The second-order valence-corrected chi connectivity index (χ2v) is 10.9. The number of amides is 2. The Morgan fingerprint density at radius 3 is 2.86 bits per heavy atom. The number of hydrazine groups is 1. The third kappa shape index (κ3) is 5.75. The molecule has 0 unspecified atom stereocenters. The van der Waals surface area contributed by atoms with E-state index in [9.17, 15) is 4.79 Å². The topological polar surface area (TPSA) is 94.7 Å². The number of hydrogen-bond acceptors (Lipinski definition) is 7. The number of rotatable bonds is 6. The molecule has 0 saturated carbocycles. The number of ether oxygens (including phenoxy) is 1. The van der Waals surface area contributed by atoms with Crippen LogP contribution in [0.4, 0.5) is 10.7 Å². The monoisotopic (exact) mass is 513 g/mol. The minimum absolute atomic E-state index is 0.149. The van der Waals surface area contributed by atoms with Crippen molar-refractivity contribution in [3.05, 3.63) is 52.3 Å². The van der Waals surface area contributed by atoms with E-state index in [1.54, 1.807) is 0 Å². The van der Waals surface area contributed by atoms with E-state index in [0.717, 1.165) is 74.8 Å². The Hall–Kier alpha value is -2.46. The highest BCUT2D eigenvalue weighted by Gasteiger charge is 2.42. The molecule has 2 amide bonds. The molecule has 4 heterocycles. The van der Waals surface area contributed by atoms with Gasteiger partial charge in [-0.1, -0.05) is 23.7 Å². The molecule has 1 aromatic carbocycles. The average Bonchev–Trinajstić information content (AvgIpc) is 3.13. The van der Waals surface area contributed by atoms with Crippen LogP contribution in [0.3, 0.4) is 0 Å². The highest BCUT2D eigenvalue weighted by atomic mass is 35.5. The van der Waals surface area contributed by atoms with Gasteiger partial charge in [-0.05, 0) is 63.8 Å². The Morgan fingerprint density at radius 1 is 1.22 bits per heavy atom. The van der Waals surface area contributed by atoms with E-state index in [1.165, 1.54) is 5.56 Å². The van der Waals surface area contributed by atoms with Gasteiger partial charge in [-0.2, -0.15) is 0 Å². The summed E-state index contributed by atoms with van der Waals surface area (Å²) >= 11 is 6.15. The van der Waals surface area contributed by atoms with Crippen molar-refractivity contribution in [3.63, 3.8) is 0 Å². The summed E-state index contributed by atoms with van der Waals surface area (Å²) in [4.78, 5) is 26.8. The predicted molar refractivity (Wildman–Crippen MR) is 139 cm³/mol. The summed E-state index contributed by atoms with van der Waals surface area (Å²) in [6.07, 6.45) is 5.85. The van der Waals surface area contributed by atoms with E-state index < -0.39 is 5.54 Å². The molecule has 9 nitrogen and oxygen atoms in total. The van der Waals surface area contributed by atoms with Crippen LogP contribution in [0.25, 0.3) is 0 Å². The molecule has 0 bridgehead atoms. The lowest BCUT2D eigenvalue weighted by molar-refractivity contribution is 0.0903. The van der Waals surface area contributed by atoms with Crippen LogP contribution in [0, 0.1) is 0 Å². The lowest BCUT2D eigenvalue weighted by Gasteiger charge is -2.35. The van der Waals surface area contributed by atoms with Crippen molar-refractivity contribution in [1.29, 1.82) is 0 Å². The molecule has 194 valence electrons. The molecule has 3 aliphatic rings. The molecule has 0 aliphatic carbocycles. The van der Waals surface area contributed by atoms with Crippen molar-refractivity contribution in [1.82, 2.24) is 30.6 Å². The lowest BCUT2D eigenvalue weighted by atomic mass is 9.97. The lowest BCUT2D eigenvalue weighted by Crippen LogP contribution is -2.56. The first-order valence-corrected chi connectivity index (χ1v) is 13.3. The normalized spacial score (nSPS) is 22.3. The number of piperidine rings is 1. The zero-order valence-electron chi connectivity index (χ0n) is 21.1. The zero-order chi connectivity index (χ0) is 25.1. The number of nitrogens with zero attached hydrogens (tertiary/aromatic N) is 4. The first-order chi connectivity index (χ1) is 17.4. The molecule has 5 rings (SSSR count). The number of fused-ring (bicyclic) bond motifs is 1. The van der Waals surface area contributed by atoms with Gasteiger partial charge in [-0.3, -0.25) is 10.3 Å². The molecule has 10 heteroatoms. The number of halogens is 1. The number of carbonyl (C=O) groups excluding carboxylic acids is 1. The summed E-state index contributed by atoms with van der Waals surface area (Å²) in [7, 11) is 0. The molecule has 3 aliphatic heterocycles. The maximum absolute atomic E-state index is 13.2. The van der Waals surface area contributed by atoms with Gasteiger partial charge in [0.2, 0.25) is 5.95 Å². The largest absolute Gasteiger partial charge is 0.381 e. The van der Waals surface area contributed by atoms with Crippen molar-refractivity contribution in [2.24, 2.45) is 0 Å². The minimum Gasteiger partial charge on any atom is -0.381 e. The molecular weight excluding hydrogens is 478 g/mol. The molecule has 0 radical (unpaired) electrons. The summed E-state index contributed by atoms with van der Waals surface area (Å²) in [5.41, 5.74) is 8.84. The van der Waals surface area contributed by atoms with Crippen molar-refractivity contribution >= 4 is 23.6 Å². The predicted octanol–water partition coefficient (Wildman–Crippen LogP) is 3.65. The van der Waals surface area contributed by atoms with Crippen molar-refractivity contribution in [2.75, 3.05) is 31.6 Å². The molecule has 3 N–H and O–H groups in total. The number of likely N-dealkylation sites (tertiary alicyclic amines) is 1. The number of urea groups is 1. The standard InChI is InChI=1S/C26H36ClN7O2/c1-26(2)22-14-28-24(29-20-8-11-36-12-9-20)30-23(22)17-34(26)25(35)32-31-21-7-4-10-33(16-21)15-18-5-3-6-19(27)13-18/h3,5-6,13-14,20-21,31H,4,7-12,15-17H2,1-2H3,(H,32,35)(H,28,29,30)/t21-/m1/s1. The highest BCUT2D eigenvalue weighted by molar-refractivity contribution is 6.30. The van der Waals surface area contributed by atoms with Crippen LogP contribution in [0.2, 0.25) is 5.02 Å². The van der Waals surface area contributed by atoms with E-state index >= 15 is 0 Å². The summed E-state index contributed by atoms with van der Waals surface area (Å²) < 4.78 is 5.44. The van der Waals surface area contributed by atoms with E-state index in [2.05, 4.69) is 32.1 Å². The third-order valence-electron chi connectivity index (χ3n) is 7.49. The smallest absolute Gasteiger partial charge is 0.332 e. The molecule has 2 saturated heterocycles. The van der Waals surface area contributed by atoms with Crippen LogP contribution < -0.4 is 16.2 Å². The molecule has 1 atom stereocenters. The number of anilines is 1. The summed E-state index contributed by atoms with van der Waals surface area (Å²) in [6.45, 7) is 8.81. The number of benzene rings is 1. The molecule has 36 heavy (non-hydrogen) atoms. The van der Waals surface area contributed by atoms with Crippen LogP contribution in [-0.4, -0.2) is 64.2 Å². The quantitative estimate of drug-likeness (QED) is 0.507. The number of nitrogens with one attached hydrogen (secondary N) is 3. The summed E-state index contributed by atoms with van der Waals surface area (Å²) in [5.74, 6) is 0.624. The Bertz CT molecular complexity index is 1080. The molecular formula is C26H36ClN7O2. The van der Waals surface area contributed by atoms with Gasteiger partial charge >= 0.3 is 6.03 Å². The van der Waals surface area contributed by atoms with Crippen molar-refractivity contribution in [2.45, 2.75) is 70.2 Å². The maximum Gasteiger partial charge on any atom is 0.332 e. The number of carbonyl (C=O) groups is 1. The Labute approximate surface area is 217 Å². The van der Waals surface area contributed by atoms with Crippen LogP contribution in [0.5, 0.6) is 0 Å². The SMILES string of the molecule is CC1(C)c2cnc(NC3CCOCC3)nc2CN1C(=O)NN[C@@H]1CCCN(Cc2cccc(Cl)c2)C1. The minimum atomic E-state index is -0.497. The summed E-state index contributed by atoms with van der Waals surface area (Å²) in [6, 6.07) is 8.36. The van der Waals surface area contributed by atoms with Gasteiger partial charge in [-0.15, -0.1) is 0 Å². The van der Waals surface area contributed by atoms with Gasteiger partial charge in [-0.25, -0.2) is 20.2 Å². The second kappa shape index (κ2) is 10.9. The Kier molecular flexibility index (Phi) is 7.62. The first-order valence-electron chi connectivity index (χ1n) is 12.9. The second-order valence-electron chi connectivity index (χ2n) is 10.5. The van der Waals surface area contributed by atoms with Crippen LogP contribution in [0.15, 0.2) is 30.5 Å². The summed E-state index contributed by atoms with van der Waals surface area (Å²) in [5, 5.41) is 4.19. The zero-order valence-corrected chi connectivity index (χ0v) is 21.9. The maximum atomic E-state index is 13.2. The van der Waals surface area contributed by atoms with E-state index in [-0.39, 0.29) is 12.1 Å². The van der Waals surface area contributed by atoms with Gasteiger partial charge < -0.3 is 15.0 Å². The van der Waals surface area contributed by atoms with Gasteiger partial charge in [0.15, 0.2) is 0 Å². The van der Waals surface area contributed by atoms with Crippen molar-refractivity contribution in [3.8, 4) is 0 Å². The Balaban J connectivity index is 1.15. The molecule has 2 fully saturated rings. The van der Waals surface area contributed by atoms with Gasteiger partial charge in [0.25, 0.3) is 0 Å². The molecule has 2 aromatic rings. The Morgan fingerprint density at radius 2 is 2.06 bits per heavy atom. The number of hydrogen-bond donors (Lipinski definition) is 3. The average molecular weight is 514 g/mol. The fraction of sp³-hybridized carbons (Fsp3) is 0.577. The van der Waals surface area contributed by atoms with Crippen LogP contribution in [-0.2, 0) is 23.4 Å². The van der Waals surface area contributed by atoms with Crippen LogP contribution >= 0.6 is 11.6 Å². The third-order valence-corrected chi connectivity index (χ3v) is 7.73. The van der Waals surface area contributed by atoms with Gasteiger partial charge in [0, 0.05) is 55.2 Å². The van der Waals surface area contributed by atoms with Crippen LogP contribution in [0.1, 0.15) is 56.4 Å². The first kappa shape index (κ1) is 25.2.